The van der Waals surface area contributed by atoms with Gasteiger partial charge in [-0.05, 0) is 50.6 Å². The molecule has 21 heavy (non-hydrogen) atoms. The summed E-state index contributed by atoms with van der Waals surface area (Å²) in [7, 11) is 1.39. The molecule has 0 aliphatic heterocycles. The molecule has 0 fully saturated rings. The number of hydrogen-bond acceptors (Lipinski definition) is 3. The average Bonchev–Trinajstić information content (AvgIpc) is 2.46. The van der Waals surface area contributed by atoms with Gasteiger partial charge in [-0.3, -0.25) is 0 Å². The van der Waals surface area contributed by atoms with E-state index in [1.54, 1.807) is 12.1 Å². The number of benzene rings is 2. The number of rotatable bonds is 4. The van der Waals surface area contributed by atoms with Crippen LogP contribution in [0, 0.1) is 13.8 Å². The van der Waals surface area contributed by atoms with Crippen LogP contribution in [0.4, 0.5) is 5.69 Å². The van der Waals surface area contributed by atoms with E-state index in [2.05, 4.69) is 44.3 Å². The molecule has 2 aromatic rings. The summed E-state index contributed by atoms with van der Waals surface area (Å²) in [6.07, 6.45) is 0. The van der Waals surface area contributed by atoms with E-state index < -0.39 is 0 Å². The lowest BCUT2D eigenvalue weighted by molar-refractivity contribution is 0.0601. The van der Waals surface area contributed by atoms with E-state index in [1.165, 1.54) is 23.8 Å². The Morgan fingerprint density at radius 1 is 1.05 bits per heavy atom. The van der Waals surface area contributed by atoms with E-state index in [1.807, 2.05) is 12.1 Å². The Balaban J connectivity index is 2.12. The third kappa shape index (κ3) is 3.85. The lowest BCUT2D eigenvalue weighted by Crippen LogP contribution is -2.08. The van der Waals surface area contributed by atoms with Crippen LogP contribution < -0.4 is 5.32 Å². The number of hydrogen-bond donors (Lipinski definition) is 1. The van der Waals surface area contributed by atoms with Crippen LogP contribution >= 0.6 is 0 Å². The predicted octanol–water partition coefficient (Wildman–Crippen LogP) is 4.26. The van der Waals surface area contributed by atoms with E-state index >= 15 is 0 Å². The smallest absolute Gasteiger partial charge is 0.337 e. The quantitative estimate of drug-likeness (QED) is 0.852. The van der Waals surface area contributed by atoms with E-state index in [4.69, 9.17) is 4.74 Å². The number of carbonyl (C=O) groups is 1. The maximum atomic E-state index is 11.4. The Morgan fingerprint density at radius 2 is 1.62 bits per heavy atom. The molecule has 0 bridgehead atoms. The summed E-state index contributed by atoms with van der Waals surface area (Å²) < 4.78 is 4.69. The first-order valence-electron chi connectivity index (χ1n) is 7.02. The van der Waals surface area contributed by atoms with Crippen molar-refractivity contribution in [3.8, 4) is 0 Å². The minimum absolute atomic E-state index is 0.201. The SMILES string of the molecule is COC(=O)c1ccc(NC(C)c2cc(C)cc(C)c2)cc1. The summed E-state index contributed by atoms with van der Waals surface area (Å²) in [5.41, 5.74) is 5.32. The molecule has 2 aromatic carbocycles. The van der Waals surface area contributed by atoms with Crippen molar-refractivity contribution >= 4 is 11.7 Å². The molecule has 0 radical (unpaired) electrons. The van der Waals surface area contributed by atoms with Crippen molar-refractivity contribution in [1.29, 1.82) is 0 Å². The highest BCUT2D eigenvalue weighted by molar-refractivity contribution is 5.89. The normalized spacial score (nSPS) is 11.8. The van der Waals surface area contributed by atoms with Crippen molar-refractivity contribution in [2.24, 2.45) is 0 Å². The molecular formula is C18H21NO2. The fourth-order valence-electron chi connectivity index (χ4n) is 2.41. The molecule has 0 aliphatic rings. The molecule has 1 atom stereocenters. The summed E-state index contributed by atoms with van der Waals surface area (Å²) >= 11 is 0. The van der Waals surface area contributed by atoms with Crippen molar-refractivity contribution in [3.63, 3.8) is 0 Å². The molecule has 0 heterocycles. The predicted molar refractivity (Wildman–Crippen MR) is 85.7 cm³/mol. The molecule has 1 unspecified atom stereocenters. The lowest BCUT2D eigenvalue weighted by Gasteiger charge is -2.17. The third-order valence-corrected chi connectivity index (χ3v) is 3.43. The van der Waals surface area contributed by atoms with E-state index in [0.29, 0.717) is 5.56 Å². The molecule has 0 saturated carbocycles. The van der Waals surface area contributed by atoms with Crippen molar-refractivity contribution in [1.82, 2.24) is 0 Å². The zero-order valence-corrected chi connectivity index (χ0v) is 12.9. The highest BCUT2D eigenvalue weighted by Gasteiger charge is 2.08. The minimum Gasteiger partial charge on any atom is -0.465 e. The molecule has 0 saturated heterocycles. The fraction of sp³-hybridized carbons (Fsp3) is 0.278. The van der Waals surface area contributed by atoms with E-state index in [0.717, 1.165) is 5.69 Å². The van der Waals surface area contributed by atoms with Crippen LogP contribution in [0.15, 0.2) is 42.5 Å². The molecule has 2 rings (SSSR count). The van der Waals surface area contributed by atoms with Gasteiger partial charge in [-0.25, -0.2) is 4.79 Å². The first-order valence-corrected chi connectivity index (χ1v) is 7.02. The van der Waals surface area contributed by atoms with Gasteiger partial charge in [0.1, 0.15) is 0 Å². The van der Waals surface area contributed by atoms with E-state index in [-0.39, 0.29) is 12.0 Å². The Kier molecular flexibility index (Phi) is 4.63. The third-order valence-electron chi connectivity index (χ3n) is 3.43. The largest absolute Gasteiger partial charge is 0.465 e. The summed E-state index contributed by atoms with van der Waals surface area (Å²) in [4.78, 5) is 11.4. The van der Waals surface area contributed by atoms with Crippen molar-refractivity contribution < 1.29 is 9.53 Å². The Hall–Kier alpha value is -2.29. The number of esters is 1. The number of anilines is 1. The summed E-state index contributed by atoms with van der Waals surface area (Å²) in [5.74, 6) is -0.316. The fourth-order valence-corrected chi connectivity index (χ4v) is 2.41. The van der Waals surface area contributed by atoms with Gasteiger partial charge in [0, 0.05) is 11.7 Å². The highest BCUT2D eigenvalue weighted by atomic mass is 16.5. The summed E-state index contributed by atoms with van der Waals surface area (Å²) in [6.45, 7) is 6.34. The highest BCUT2D eigenvalue weighted by Crippen LogP contribution is 2.21. The second-order valence-electron chi connectivity index (χ2n) is 5.36. The van der Waals surface area contributed by atoms with Gasteiger partial charge >= 0.3 is 5.97 Å². The second kappa shape index (κ2) is 6.44. The zero-order valence-electron chi connectivity index (χ0n) is 12.9. The van der Waals surface area contributed by atoms with Crippen LogP contribution in [0.25, 0.3) is 0 Å². The van der Waals surface area contributed by atoms with Crippen molar-refractivity contribution in [3.05, 3.63) is 64.7 Å². The Bertz CT molecular complexity index is 612. The maximum absolute atomic E-state index is 11.4. The van der Waals surface area contributed by atoms with Gasteiger partial charge in [-0.2, -0.15) is 0 Å². The second-order valence-corrected chi connectivity index (χ2v) is 5.36. The number of carbonyl (C=O) groups excluding carboxylic acids is 1. The Labute approximate surface area is 126 Å². The summed E-state index contributed by atoms with van der Waals surface area (Å²) in [6, 6.07) is 14.1. The van der Waals surface area contributed by atoms with Gasteiger partial charge in [0.15, 0.2) is 0 Å². The topological polar surface area (TPSA) is 38.3 Å². The number of nitrogens with one attached hydrogen (secondary N) is 1. The lowest BCUT2D eigenvalue weighted by atomic mass is 10.0. The van der Waals surface area contributed by atoms with Gasteiger partial charge in [-0.1, -0.05) is 29.3 Å². The van der Waals surface area contributed by atoms with Crippen molar-refractivity contribution in [2.75, 3.05) is 12.4 Å². The molecule has 110 valence electrons. The first-order chi connectivity index (χ1) is 9.99. The van der Waals surface area contributed by atoms with Gasteiger partial charge < -0.3 is 10.1 Å². The molecule has 0 aliphatic carbocycles. The molecule has 3 heteroatoms. The van der Waals surface area contributed by atoms with Crippen LogP contribution in [0.5, 0.6) is 0 Å². The minimum atomic E-state index is -0.316. The standard InChI is InChI=1S/C18H21NO2/c1-12-9-13(2)11-16(10-12)14(3)19-17-7-5-15(6-8-17)18(20)21-4/h5-11,14,19H,1-4H3. The molecule has 0 spiro atoms. The number of ether oxygens (including phenoxy) is 1. The molecule has 0 aromatic heterocycles. The van der Waals surface area contributed by atoms with Gasteiger partial charge in [-0.15, -0.1) is 0 Å². The van der Waals surface area contributed by atoms with Crippen LogP contribution in [-0.2, 0) is 4.74 Å². The van der Waals surface area contributed by atoms with Crippen molar-refractivity contribution in [2.45, 2.75) is 26.8 Å². The zero-order chi connectivity index (χ0) is 15.4. The van der Waals surface area contributed by atoms with Gasteiger partial charge in [0.2, 0.25) is 0 Å². The van der Waals surface area contributed by atoms with Crippen LogP contribution in [0.2, 0.25) is 0 Å². The number of methoxy groups -OCH3 is 1. The van der Waals surface area contributed by atoms with Crippen LogP contribution in [-0.4, -0.2) is 13.1 Å². The molecule has 0 amide bonds. The van der Waals surface area contributed by atoms with Crippen LogP contribution in [0.3, 0.4) is 0 Å². The molecule has 3 nitrogen and oxygen atoms in total. The van der Waals surface area contributed by atoms with Crippen LogP contribution in [0.1, 0.15) is 40.0 Å². The van der Waals surface area contributed by atoms with Gasteiger partial charge in [0.25, 0.3) is 0 Å². The van der Waals surface area contributed by atoms with Gasteiger partial charge in [0.05, 0.1) is 12.7 Å². The maximum Gasteiger partial charge on any atom is 0.337 e. The molecular weight excluding hydrogens is 262 g/mol. The first kappa shape index (κ1) is 15.1. The number of aryl methyl sites for hydroxylation is 2. The molecule has 1 N–H and O–H groups in total. The monoisotopic (exact) mass is 283 g/mol. The summed E-state index contributed by atoms with van der Waals surface area (Å²) in [5, 5.41) is 3.44. The van der Waals surface area contributed by atoms with E-state index in [9.17, 15) is 4.79 Å². The average molecular weight is 283 g/mol. The Morgan fingerprint density at radius 3 is 2.14 bits per heavy atom.